The molecule has 0 unspecified atom stereocenters. The van der Waals surface area contributed by atoms with E-state index in [0.717, 1.165) is 37.5 Å². The fourth-order valence-electron chi connectivity index (χ4n) is 3.46. The van der Waals surface area contributed by atoms with Crippen LogP contribution in [0.2, 0.25) is 0 Å². The Morgan fingerprint density at radius 2 is 1.90 bits per heavy atom. The van der Waals surface area contributed by atoms with Crippen molar-refractivity contribution in [3.63, 3.8) is 0 Å². The molecule has 1 saturated heterocycles. The zero-order chi connectivity index (χ0) is 15.2. The van der Waals surface area contributed by atoms with Crippen LogP contribution in [0.25, 0.3) is 0 Å². The molecule has 21 heavy (non-hydrogen) atoms. The summed E-state index contributed by atoms with van der Waals surface area (Å²) < 4.78 is 0. The van der Waals surface area contributed by atoms with Gasteiger partial charge in [-0.2, -0.15) is 11.8 Å². The minimum Gasteiger partial charge on any atom is -0.335 e. The highest BCUT2D eigenvalue weighted by Gasteiger charge is 2.27. The lowest BCUT2D eigenvalue weighted by Gasteiger charge is -2.33. The van der Waals surface area contributed by atoms with Crippen LogP contribution in [0.5, 0.6) is 0 Å². The molecule has 0 bridgehead atoms. The molecule has 2 aliphatic rings. The molecule has 0 spiro atoms. The van der Waals surface area contributed by atoms with Gasteiger partial charge in [0.15, 0.2) is 0 Å². The van der Waals surface area contributed by atoms with E-state index in [1.165, 1.54) is 25.1 Å². The van der Waals surface area contributed by atoms with E-state index in [0.29, 0.717) is 12.1 Å². The number of carbonyl (C=O) groups is 1. The van der Waals surface area contributed by atoms with Crippen LogP contribution in [0, 0.1) is 5.92 Å². The third-order valence-electron chi connectivity index (χ3n) is 4.75. The summed E-state index contributed by atoms with van der Waals surface area (Å²) in [6.45, 7) is 4.26. The van der Waals surface area contributed by atoms with Crippen LogP contribution < -0.4 is 5.32 Å². The smallest absolute Gasteiger partial charge is 0.317 e. The van der Waals surface area contributed by atoms with E-state index in [-0.39, 0.29) is 6.03 Å². The van der Waals surface area contributed by atoms with Crippen molar-refractivity contribution >= 4 is 17.8 Å². The number of rotatable bonds is 3. The van der Waals surface area contributed by atoms with Crippen LogP contribution in [-0.4, -0.2) is 66.6 Å². The number of amides is 2. The van der Waals surface area contributed by atoms with E-state index in [9.17, 15) is 4.79 Å². The second-order valence-corrected chi connectivity index (χ2v) is 8.10. The lowest BCUT2D eigenvalue weighted by Crippen LogP contribution is -2.49. The first kappa shape index (κ1) is 16.9. The summed E-state index contributed by atoms with van der Waals surface area (Å²) in [6, 6.07) is 0.935. The summed E-state index contributed by atoms with van der Waals surface area (Å²) >= 11 is 1.97. The van der Waals surface area contributed by atoms with Gasteiger partial charge in [-0.05, 0) is 64.8 Å². The van der Waals surface area contributed by atoms with Gasteiger partial charge < -0.3 is 15.1 Å². The molecule has 122 valence electrons. The summed E-state index contributed by atoms with van der Waals surface area (Å²) in [7, 11) is 4.29. The number of urea groups is 1. The summed E-state index contributed by atoms with van der Waals surface area (Å²) in [5.41, 5.74) is 0. The van der Waals surface area contributed by atoms with Crippen LogP contribution >= 0.6 is 11.8 Å². The van der Waals surface area contributed by atoms with Crippen molar-refractivity contribution in [2.45, 2.75) is 51.1 Å². The average molecular weight is 314 g/mol. The van der Waals surface area contributed by atoms with Gasteiger partial charge in [0.2, 0.25) is 0 Å². The molecule has 0 aromatic heterocycles. The zero-order valence-corrected chi connectivity index (χ0v) is 14.6. The Balaban J connectivity index is 1.75. The molecule has 1 atom stereocenters. The number of nitrogens with zero attached hydrogens (tertiary/aromatic N) is 2. The lowest BCUT2D eigenvalue weighted by molar-refractivity contribution is 0.170. The summed E-state index contributed by atoms with van der Waals surface area (Å²) in [4.78, 5) is 16.8. The van der Waals surface area contributed by atoms with Gasteiger partial charge in [-0.1, -0.05) is 0 Å². The lowest BCUT2D eigenvalue weighted by atomic mass is 9.86. The van der Waals surface area contributed by atoms with Gasteiger partial charge in [0, 0.05) is 30.9 Å². The quantitative estimate of drug-likeness (QED) is 0.870. The average Bonchev–Trinajstić information content (AvgIpc) is 2.65. The Morgan fingerprint density at radius 1 is 1.19 bits per heavy atom. The van der Waals surface area contributed by atoms with Crippen molar-refractivity contribution in [2.75, 3.05) is 38.7 Å². The zero-order valence-electron chi connectivity index (χ0n) is 13.8. The highest BCUT2D eigenvalue weighted by atomic mass is 32.2. The van der Waals surface area contributed by atoms with Crippen LogP contribution in [0.3, 0.4) is 0 Å². The van der Waals surface area contributed by atoms with Crippen molar-refractivity contribution in [2.24, 2.45) is 5.92 Å². The van der Waals surface area contributed by atoms with Crippen LogP contribution in [0.1, 0.15) is 39.0 Å². The predicted octanol–water partition coefficient (Wildman–Crippen LogP) is 2.64. The maximum atomic E-state index is 12.5. The van der Waals surface area contributed by atoms with Gasteiger partial charge in [0.05, 0.1) is 0 Å². The van der Waals surface area contributed by atoms with Gasteiger partial charge in [-0.15, -0.1) is 0 Å². The Kier molecular flexibility index (Phi) is 6.68. The Bertz CT molecular complexity index is 329. The highest BCUT2D eigenvalue weighted by Crippen LogP contribution is 2.25. The summed E-state index contributed by atoms with van der Waals surface area (Å²) in [5.74, 6) is 3.06. The first-order valence-corrected chi connectivity index (χ1v) is 9.51. The third-order valence-corrected chi connectivity index (χ3v) is 5.74. The maximum Gasteiger partial charge on any atom is 0.317 e. The molecular formula is C16H31N3OS. The van der Waals surface area contributed by atoms with Gasteiger partial charge >= 0.3 is 6.03 Å². The second-order valence-electron chi connectivity index (χ2n) is 6.87. The Hall–Kier alpha value is -0.420. The van der Waals surface area contributed by atoms with Crippen LogP contribution in [-0.2, 0) is 0 Å². The fraction of sp³-hybridized carbons (Fsp3) is 0.938. The van der Waals surface area contributed by atoms with E-state index < -0.39 is 0 Å². The molecular weight excluding hydrogens is 282 g/mol. The predicted molar refractivity (Wildman–Crippen MR) is 90.9 cm³/mol. The number of hydrogen-bond donors (Lipinski definition) is 1. The highest BCUT2D eigenvalue weighted by molar-refractivity contribution is 7.99. The topological polar surface area (TPSA) is 35.6 Å². The Morgan fingerprint density at radius 3 is 2.57 bits per heavy atom. The molecule has 1 aliphatic heterocycles. The molecule has 4 nitrogen and oxygen atoms in total. The number of carbonyl (C=O) groups excluding carboxylic acids is 1. The van der Waals surface area contributed by atoms with E-state index in [1.54, 1.807) is 0 Å². The van der Waals surface area contributed by atoms with Crippen LogP contribution in [0.4, 0.5) is 4.79 Å². The molecule has 2 fully saturated rings. The minimum absolute atomic E-state index is 0.168. The van der Waals surface area contributed by atoms with Crippen molar-refractivity contribution in [3.05, 3.63) is 0 Å². The molecule has 0 aromatic carbocycles. The van der Waals surface area contributed by atoms with Crippen molar-refractivity contribution in [1.29, 1.82) is 0 Å². The molecule has 2 amide bonds. The van der Waals surface area contributed by atoms with Crippen molar-refractivity contribution in [1.82, 2.24) is 15.1 Å². The molecule has 5 heteroatoms. The molecule has 2 rings (SSSR count). The first-order chi connectivity index (χ1) is 10.1. The molecule has 1 saturated carbocycles. The molecule has 0 radical (unpaired) electrons. The van der Waals surface area contributed by atoms with Gasteiger partial charge in [0.25, 0.3) is 0 Å². The molecule has 1 N–H and O–H groups in total. The number of thioether (sulfide) groups is 1. The van der Waals surface area contributed by atoms with Crippen molar-refractivity contribution < 1.29 is 4.79 Å². The number of nitrogens with one attached hydrogen (secondary N) is 1. The summed E-state index contributed by atoms with van der Waals surface area (Å²) in [5, 5.41) is 3.28. The third kappa shape index (κ3) is 5.37. The fourth-order valence-corrected chi connectivity index (χ4v) is 4.50. The van der Waals surface area contributed by atoms with E-state index in [2.05, 4.69) is 31.2 Å². The normalized spacial score (nSPS) is 31.0. The van der Waals surface area contributed by atoms with Gasteiger partial charge in [-0.25, -0.2) is 4.79 Å². The maximum absolute atomic E-state index is 12.5. The molecule has 0 aromatic rings. The number of hydrogen-bond acceptors (Lipinski definition) is 3. The standard InChI is InChI=1S/C16H31N3OS/c1-13-8-10-21-11-9-19(13)16(20)17-15-6-4-14(5-7-15)12-18(2)3/h13-15H,4-12H2,1-3H3,(H,17,20)/t13-,14?,15?/m1/s1. The minimum atomic E-state index is 0.168. The van der Waals surface area contributed by atoms with E-state index in [4.69, 9.17) is 0 Å². The molecule has 1 heterocycles. The monoisotopic (exact) mass is 313 g/mol. The SMILES string of the molecule is C[C@@H]1CCSCCN1C(=O)NC1CCC(CN(C)C)CC1. The first-order valence-electron chi connectivity index (χ1n) is 8.36. The van der Waals surface area contributed by atoms with Gasteiger partial charge in [0.1, 0.15) is 0 Å². The van der Waals surface area contributed by atoms with Crippen LogP contribution in [0.15, 0.2) is 0 Å². The summed E-state index contributed by atoms with van der Waals surface area (Å²) in [6.07, 6.45) is 5.89. The largest absolute Gasteiger partial charge is 0.335 e. The molecule has 1 aliphatic carbocycles. The second kappa shape index (κ2) is 8.28. The van der Waals surface area contributed by atoms with E-state index in [1.807, 2.05) is 16.7 Å². The van der Waals surface area contributed by atoms with E-state index >= 15 is 0 Å². The van der Waals surface area contributed by atoms with Gasteiger partial charge in [-0.3, -0.25) is 0 Å². The van der Waals surface area contributed by atoms with Crippen molar-refractivity contribution in [3.8, 4) is 0 Å². The Labute approximate surface area is 134 Å².